The van der Waals surface area contributed by atoms with Gasteiger partial charge in [-0.15, -0.1) is 0 Å². The van der Waals surface area contributed by atoms with Crippen molar-refractivity contribution in [1.82, 2.24) is 10.2 Å². The smallest absolute Gasteiger partial charge is 0.251 e. The lowest BCUT2D eigenvalue weighted by Crippen LogP contribution is -2.43. The van der Waals surface area contributed by atoms with Crippen molar-refractivity contribution < 1.29 is 13.9 Å². The van der Waals surface area contributed by atoms with Gasteiger partial charge < -0.3 is 10.1 Å². The first-order chi connectivity index (χ1) is 12.1. The Kier molecular flexibility index (Phi) is 5.79. The average molecular weight is 342 g/mol. The highest BCUT2D eigenvalue weighted by Gasteiger charge is 2.23. The number of nitrogens with one attached hydrogen (secondary N) is 1. The number of carbonyl (C=O) groups is 1. The Labute approximate surface area is 147 Å². The fourth-order valence-electron chi connectivity index (χ4n) is 3.06. The van der Waals surface area contributed by atoms with E-state index in [9.17, 15) is 9.18 Å². The van der Waals surface area contributed by atoms with Crippen molar-refractivity contribution in [3.05, 3.63) is 71.0 Å². The van der Waals surface area contributed by atoms with Crippen molar-refractivity contribution in [2.24, 2.45) is 0 Å². The van der Waals surface area contributed by atoms with Crippen LogP contribution < -0.4 is 5.32 Å². The summed E-state index contributed by atoms with van der Waals surface area (Å²) in [6.45, 7) is 5.57. The summed E-state index contributed by atoms with van der Waals surface area (Å²) < 4.78 is 18.8. The minimum Gasteiger partial charge on any atom is -0.379 e. The van der Waals surface area contributed by atoms with Gasteiger partial charge in [-0.05, 0) is 30.7 Å². The number of benzene rings is 2. The summed E-state index contributed by atoms with van der Waals surface area (Å²) in [5.41, 5.74) is 2.70. The van der Waals surface area contributed by atoms with Gasteiger partial charge in [0.2, 0.25) is 0 Å². The Balaban J connectivity index is 1.73. The molecule has 1 aliphatic rings. The quantitative estimate of drug-likeness (QED) is 0.908. The number of ether oxygens (including phenoxy) is 1. The Morgan fingerprint density at radius 1 is 1.20 bits per heavy atom. The zero-order valence-electron chi connectivity index (χ0n) is 14.4. The van der Waals surface area contributed by atoms with Crippen LogP contribution >= 0.6 is 0 Å². The first-order valence-electron chi connectivity index (χ1n) is 8.55. The predicted octanol–water partition coefficient (Wildman–Crippen LogP) is 2.94. The fourth-order valence-corrected chi connectivity index (χ4v) is 3.06. The molecule has 2 aromatic carbocycles. The number of amides is 1. The van der Waals surface area contributed by atoms with E-state index in [1.54, 1.807) is 12.1 Å². The summed E-state index contributed by atoms with van der Waals surface area (Å²) >= 11 is 0. The molecule has 0 aromatic heterocycles. The second-order valence-electron chi connectivity index (χ2n) is 6.30. The minimum atomic E-state index is -0.407. The van der Waals surface area contributed by atoms with Crippen LogP contribution in [0.5, 0.6) is 0 Å². The molecule has 4 nitrogen and oxygen atoms in total. The molecule has 0 saturated carbocycles. The highest BCUT2D eigenvalue weighted by Crippen LogP contribution is 2.22. The molecular weight excluding hydrogens is 319 g/mol. The normalized spacial score (nSPS) is 16.4. The zero-order chi connectivity index (χ0) is 17.6. The number of morpholine rings is 1. The highest BCUT2D eigenvalue weighted by atomic mass is 19.1. The van der Waals surface area contributed by atoms with Crippen molar-refractivity contribution in [3.8, 4) is 0 Å². The van der Waals surface area contributed by atoms with Crippen LogP contribution in [-0.4, -0.2) is 43.7 Å². The molecule has 0 bridgehead atoms. The number of nitrogens with zero attached hydrogens (tertiary/aromatic N) is 1. The van der Waals surface area contributed by atoms with E-state index in [2.05, 4.69) is 41.4 Å². The van der Waals surface area contributed by atoms with Gasteiger partial charge >= 0.3 is 0 Å². The van der Waals surface area contributed by atoms with E-state index in [0.29, 0.717) is 25.3 Å². The zero-order valence-corrected chi connectivity index (χ0v) is 14.4. The maximum Gasteiger partial charge on any atom is 0.251 e. The maximum atomic E-state index is 13.3. The van der Waals surface area contributed by atoms with Gasteiger partial charge in [-0.3, -0.25) is 9.69 Å². The molecular formula is C20H23FN2O2. The van der Waals surface area contributed by atoms with E-state index in [1.165, 1.54) is 17.7 Å². The molecule has 1 amide bonds. The van der Waals surface area contributed by atoms with E-state index < -0.39 is 5.82 Å². The summed E-state index contributed by atoms with van der Waals surface area (Å²) in [7, 11) is 0. The second kappa shape index (κ2) is 8.23. The number of aryl methyl sites for hydroxylation is 1. The third kappa shape index (κ3) is 4.65. The molecule has 1 heterocycles. The molecule has 3 rings (SSSR count). The summed E-state index contributed by atoms with van der Waals surface area (Å²) in [6, 6.07) is 14.2. The topological polar surface area (TPSA) is 41.6 Å². The third-order valence-electron chi connectivity index (χ3n) is 4.49. The minimum absolute atomic E-state index is 0.0713. The van der Waals surface area contributed by atoms with Crippen molar-refractivity contribution in [3.63, 3.8) is 0 Å². The molecule has 0 spiro atoms. The van der Waals surface area contributed by atoms with Crippen LogP contribution in [-0.2, 0) is 4.74 Å². The van der Waals surface area contributed by atoms with Crippen molar-refractivity contribution in [1.29, 1.82) is 0 Å². The van der Waals surface area contributed by atoms with Crippen LogP contribution in [0.15, 0.2) is 48.5 Å². The van der Waals surface area contributed by atoms with E-state index >= 15 is 0 Å². The van der Waals surface area contributed by atoms with E-state index in [0.717, 1.165) is 18.7 Å². The van der Waals surface area contributed by atoms with Crippen molar-refractivity contribution >= 4 is 5.91 Å². The number of rotatable bonds is 5. The second-order valence-corrected chi connectivity index (χ2v) is 6.30. The molecule has 1 unspecified atom stereocenters. The first-order valence-corrected chi connectivity index (χ1v) is 8.55. The van der Waals surface area contributed by atoms with E-state index in [-0.39, 0.29) is 11.9 Å². The summed E-state index contributed by atoms with van der Waals surface area (Å²) in [5, 5.41) is 2.95. The summed E-state index contributed by atoms with van der Waals surface area (Å²) in [5.74, 6) is -0.666. The van der Waals surface area contributed by atoms with Crippen LogP contribution in [0.3, 0.4) is 0 Å². The molecule has 1 aliphatic heterocycles. The van der Waals surface area contributed by atoms with Crippen molar-refractivity contribution in [2.75, 3.05) is 32.8 Å². The van der Waals surface area contributed by atoms with Gasteiger partial charge in [-0.25, -0.2) is 4.39 Å². The van der Waals surface area contributed by atoms with E-state index in [4.69, 9.17) is 4.74 Å². The largest absolute Gasteiger partial charge is 0.379 e. The summed E-state index contributed by atoms with van der Waals surface area (Å²) in [6.07, 6.45) is 0. The Morgan fingerprint density at radius 2 is 1.92 bits per heavy atom. The highest BCUT2D eigenvalue weighted by molar-refractivity contribution is 5.94. The first kappa shape index (κ1) is 17.6. The van der Waals surface area contributed by atoms with Crippen LogP contribution in [0.1, 0.15) is 27.5 Å². The number of carbonyl (C=O) groups excluding carboxylic acids is 1. The Morgan fingerprint density at radius 3 is 2.60 bits per heavy atom. The molecule has 1 atom stereocenters. The summed E-state index contributed by atoms with van der Waals surface area (Å²) in [4.78, 5) is 14.7. The maximum absolute atomic E-state index is 13.3. The molecule has 1 N–H and O–H groups in total. The van der Waals surface area contributed by atoms with Gasteiger partial charge in [0.15, 0.2) is 0 Å². The molecule has 5 heteroatoms. The molecule has 2 aromatic rings. The molecule has 0 radical (unpaired) electrons. The van der Waals surface area contributed by atoms with E-state index in [1.807, 2.05) is 0 Å². The monoisotopic (exact) mass is 342 g/mol. The lowest BCUT2D eigenvalue weighted by atomic mass is 10.0. The molecule has 0 aliphatic carbocycles. The van der Waals surface area contributed by atoms with Gasteiger partial charge in [0.05, 0.1) is 19.3 Å². The molecule has 1 fully saturated rings. The van der Waals surface area contributed by atoms with Gasteiger partial charge in [-0.1, -0.05) is 35.9 Å². The van der Waals surface area contributed by atoms with Crippen molar-refractivity contribution in [2.45, 2.75) is 13.0 Å². The Hall–Kier alpha value is -2.24. The van der Waals surface area contributed by atoms with Gasteiger partial charge in [0.1, 0.15) is 5.82 Å². The lowest BCUT2D eigenvalue weighted by molar-refractivity contribution is 0.0162. The number of halogens is 1. The standard InChI is InChI=1S/C20H23FN2O2/c1-15-5-7-16(8-6-15)19(23-9-11-25-12-10-23)14-22-20(24)17-3-2-4-18(21)13-17/h2-8,13,19H,9-12,14H2,1H3,(H,22,24). The van der Waals surface area contributed by atoms with Crippen LogP contribution in [0.2, 0.25) is 0 Å². The third-order valence-corrected chi connectivity index (χ3v) is 4.49. The SMILES string of the molecule is Cc1ccc(C(CNC(=O)c2cccc(F)c2)N2CCOCC2)cc1. The Bertz CT molecular complexity index is 712. The van der Waals surface area contributed by atoms with Gasteiger partial charge in [-0.2, -0.15) is 0 Å². The van der Waals surface area contributed by atoms with Gasteiger partial charge in [0.25, 0.3) is 5.91 Å². The van der Waals surface area contributed by atoms with Crippen LogP contribution in [0, 0.1) is 12.7 Å². The molecule has 1 saturated heterocycles. The van der Waals surface area contributed by atoms with Gasteiger partial charge in [0, 0.05) is 25.2 Å². The lowest BCUT2D eigenvalue weighted by Gasteiger charge is -2.35. The predicted molar refractivity (Wildman–Crippen MR) is 95.0 cm³/mol. The molecule has 25 heavy (non-hydrogen) atoms. The number of hydrogen-bond donors (Lipinski definition) is 1. The fraction of sp³-hybridized carbons (Fsp3) is 0.350. The number of hydrogen-bond acceptors (Lipinski definition) is 3. The van der Waals surface area contributed by atoms with Crippen LogP contribution in [0.4, 0.5) is 4.39 Å². The van der Waals surface area contributed by atoms with Crippen LogP contribution in [0.25, 0.3) is 0 Å². The molecule has 132 valence electrons. The average Bonchev–Trinajstić information content (AvgIpc) is 2.64.